The molecule has 138 valence electrons. The fourth-order valence-electron chi connectivity index (χ4n) is 4.73. The molecular weight excluding hydrogens is 326 g/mol. The molecule has 2 saturated heterocycles. The summed E-state index contributed by atoms with van der Waals surface area (Å²) in [4.78, 5) is 27.7. The third-order valence-electron chi connectivity index (χ3n) is 6.15. The van der Waals surface area contributed by atoms with Gasteiger partial charge in [-0.3, -0.25) is 9.59 Å². The molecule has 1 aromatic heterocycles. The summed E-state index contributed by atoms with van der Waals surface area (Å²) in [6, 6.07) is 9.67. The third-order valence-corrected chi connectivity index (χ3v) is 6.15. The van der Waals surface area contributed by atoms with Crippen LogP contribution >= 0.6 is 0 Å². The predicted octanol–water partition coefficient (Wildman–Crippen LogP) is 2.53. The number of nitrogens with one attached hydrogen (secondary N) is 1. The molecule has 0 spiro atoms. The molecule has 0 aliphatic carbocycles. The van der Waals surface area contributed by atoms with Crippen LogP contribution in [0.4, 0.5) is 0 Å². The number of rotatable bonds is 3. The fourth-order valence-corrected chi connectivity index (χ4v) is 4.73. The number of benzene rings is 1. The van der Waals surface area contributed by atoms with Crippen molar-refractivity contribution in [2.24, 2.45) is 13.0 Å². The van der Waals surface area contributed by atoms with Crippen molar-refractivity contribution in [1.82, 2.24) is 14.8 Å². The molecule has 1 N–H and O–H groups in total. The molecule has 2 aliphatic heterocycles. The molecular formula is C21H27N3O2. The summed E-state index contributed by atoms with van der Waals surface area (Å²) in [5, 5.41) is 3.96. The van der Waals surface area contributed by atoms with E-state index in [9.17, 15) is 9.59 Å². The molecule has 26 heavy (non-hydrogen) atoms. The first-order valence-corrected chi connectivity index (χ1v) is 9.76. The molecule has 2 atom stereocenters. The maximum Gasteiger partial charge on any atom is 0.252 e. The van der Waals surface area contributed by atoms with Gasteiger partial charge < -0.3 is 14.8 Å². The van der Waals surface area contributed by atoms with E-state index in [1.165, 1.54) is 51.3 Å². The van der Waals surface area contributed by atoms with Crippen molar-refractivity contribution in [3.8, 4) is 0 Å². The first kappa shape index (κ1) is 17.3. The highest BCUT2D eigenvalue weighted by molar-refractivity contribution is 6.06. The summed E-state index contributed by atoms with van der Waals surface area (Å²) in [7, 11) is 1.74. The van der Waals surface area contributed by atoms with Gasteiger partial charge in [0, 0.05) is 31.1 Å². The minimum Gasteiger partial charge on any atom is -0.352 e. The van der Waals surface area contributed by atoms with E-state index in [0.29, 0.717) is 24.1 Å². The van der Waals surface area contributed by atoms with Crippen molar-refractivity contribution in [2.75, 3.05) is 19.6 Å². The lowest BCUT2D eigenvalue weighted by molar-refractivity contribution is 0.0576. The Labute approximate surface area is 154 Å². The van der Waals surface area contributed by atoms with Crippen LogP contribution in [0.3, 0.4) is 0 Å². The van der Waals surface area contributed by atoms with Crippen LogP contribution in [-0.4, -0.2) is 41.1 Å². The number of amides is 1. The smallest absolute Gasteiger partial charge is 0.252 e. The van der Waals surface area contributed by atoms with Crippen LogP contribution in [0.2, 0.25) is 0 Å². The van der Waals surface area contributed by atoms with Gasteiger partial charge in [0.2, 0.25) is 0 Å². The van der Waals surface area contributed by atoms with Crippen LogP contribution < -0.4 is 10.9 Å². The van der Waals surface area contributed by atoms with Gasteiger partial charge in [-0.1, -0.05) is 24.6 Å². The molecule has 1 amide bonds. The first-order chi connectivity index (χ1) is 12.6. The maximum absolute atomic E-state index is 12.9. The molecule has 2 fully saturated rings. The molecule has 5 nitrogen and oxygen atoms in total. The first-order valence-electron chi connectivity index (χ1n) is 9.76. The number of para-hydroxylation sites is 1. The average Bonchev–Trinajstić information content (AvgIpc) is 2.69. The zero-order chi connectivity index (χ0) is 18.1. The van der Waals surface area contributed by atoms with Crippen molar-refractivity contribution in [1.29, 1.82) is 0 Å². The van der Waals surface area contributed by atoms with E-state index in [-0.39, 0.29) is 11.5 Å². The Morgan fingerprint density at radius 1 is 1.15 bits per heavy atom. The van der Waals surface area contributed by atoms with Crippen LogP contribution in [0.15, 0.2) is 35.1 Å². The Morgan fingerprint density at radius 2 is 1.96 bits per heavy atom. The highest BCUT2D eigenvalue weighted by Gasteiger charge is 2.33. The largest absolute Gasteiger partial charge is 0.352 e. The van der Waals surface area contributed by atoms with Crippen molar-refractivity contribution < 1.29 is 4.79 Å². The molecule has 0 saturated carbocycles. The Kier molecular flexibility index (Phi) is 4.81. The average molecular weight is 353 g/mol. The number of hydrogen-bond donors (Lipinski definition) is 1. The van der Waals surface area contributed by atoms with Crippen LogP contribution in [0.5, 0.6) is 0 Å². The molecule has 3 heterocycles. The van der Waals surface area contributed by atoms with Crippen molar-refractivity contribution >= 4 is 16.8 Å². The summed E-state index contributed by atoms with van der Waals surface area (Å²) >= 11 is 0. The van der Waals surface area contributed by atoms with Gasteiger partial charge in [-0.25, -0.2) is 0 Å². The van der Waals surface area contributed by atoms with Gasteiger partial charge >= 0.3 is 0 Å². The summed E-state index contributed by atoms with van der Waals surface area (Å²) < 4.78 is 1.59. The third kappa shape index (κ3) is 3.16. The predicted molar refractivity (Wildman–Crippen MR) is 103 cm³/mol. The number of carbonyl (C=O) groups is 1. The molecule has 0 unspecified atom stereocenters. The van der Waals surface area contributed by atoms with E-state index in [1.807, 2.05) is 24.3 Å². The molecule has 0 bridgehead atoms. The molecule has 1 aromatic carbocycles. The number of carbonyl (C=O) groups excluding carboxylic acids is 1. The van der Waals surface area contributed by atoms with Gasteiger partial charge in [0.15, 0.2) is 0 Å². The van der Waals surface area contributed by atoms with Gasteiger partial charge in [0.05, 0.1) is 11.1 Å². The van der Waals surface area contributed by atoms with E-state index in [4.69, 9.17) is 0 Å². The van der Waals surface area contributed by atoms with Crippen LogP contribution in [0, 0.1) is 5.92 Å². The lowest BCUT2D eigenvalue weighted by Crippen LogP contribution is -2.51. The van der Waals surface area contributed by atoms with Crippen LogP contribution in [0.1, 0.15) is 42.5 Å². The lowest BCUT2D eigenvalue weighted by Gasteiger charge is -2.44. The topological polar surface area (TPSA) is 54.3 Å². The van der Waals surface area contributed by atoms with Gasteiger partial charge in [0.1, 0.15) is 0 Å². The van der Waals surface area contributed by atoms with Gasteiger partial charge in [-0.2, -0.15) is 0 Å². The number of aromatic nitrogens is 1. The van der Waals surface area contributed by atoms with Crippen molar-refractivity contribution in [3.05, 3.63) is 46.2 Å². The minimum absolute atomic E-state index is 0.133. The highest BCUT2D eigenvalue weighted by Crippen LogP contribution is 2.30. The van der Waals surface area contributed by atoms with Crippen molar-refractivity contribution in [2.45, 2.75) is 38.1 Å². The summed E-state index contributed by atoms with van der Waals surface area (Å²) in [5.41, 5.74) is 1.13. The van der Waals surface area contributed by atoms with E-state index in [1.54, 1.807) is 11.6 Å². The van der Waals surface area contributed by atoms with Gasteiger partial charge in [0.25, 0.3) is 11.5 Å². The van der Waals surface area contributed by atoms with Crippen LogP contribution in [-0.2, 0) is 7.05 Å². The maximum atomic E-state index is 12.9. The van der Waals surface area contributed by atoms with Crippen LogP contribution in [0.25, 0.3) is 10.9 Å². The summed E-state index contributed by atoms with van der Waals surface area (Å²) in [6.07, 6.45) is 6.24. The molecule has 2 aliphatic rings. The number of aryl methyl sites for hydroxylation is 1. The second-order valence-electron chi connectivity index (χ2n) is 7.68. The molecule has 5 heteroatoms. The lowest BCUT2D eigenvalue weighted by atomic mass is 9.83. The summed E-state index contributed by atoms with van der Waals surface area (Å²) in [5.74, 6) is 0.387. The van der Waals surface area contributed by atoms with Gasteiger partial charge in [-0.15, -0.1) is 0 Å². The number of pyridine rings is 1. The monoisotopic (exact) mass is 353 g/mol. The highest BCUT2D eigenvalue weighted by atomic mass is 16.2. The molecule has 4 rings (SSSR count). The molecule has 0 radical (unpaired) electrons. The van der Waals surface area contributed by atoms with E-state index >= 15 is 0 Å². The Bertz CT molecular complexity index is 871. The minimum atomic E-state index is -0.148. The van der Waals surface area contributed by atoms with E-state index in [0.717, 1.165) is 10.9 Å². The molecule has 2 aromatic rings. The standard InChI is InChI=1S/C21H27N3O2/c1-23-19-10-3-2-8-16(19)17(13-20(23)25)21(26)22-14-15-7-6-12-24-11-5-4-9-18(15)24/h2-3,8,10,13,15,18H,4-7,9,11-12,14H2,1H3,(H,22,26)/t15-,18+/m0/s1. The fraction of sp³-hybridized carbons (Fsp3) is 0.524. The van der Waals surface area contributed by atoms with Crippen molar-refractivity contribution in [3.63, 3.8) is 0 Å². The Balaban J connectivity index is 1.53. The Morgan fingerprint density at radius 3 is 2.85 bits per heavy atom. The number of fused-ring (bicyclic) bond motifs is 2. The SMILES string of the molecule is Cn1c(=O)cc(C(=O)NC[C@@H]2CCCN3CCCC[C@H]23)c2ccccc21. The zero-order valence-corrected chi connectivity index (χ0v) is 15.4. The number of piperidine rings is 2. The Hall–Kier alpha value is -2.14. The number of hydrogen-bond acceptors (Lipinski definition) is 3. The summed E-state index contributed by atoms with van der Waals surface area (Å²) in [6.45, 7) is 3.10. The normalized spacial score (nSPS) is 23.6. The quantitative estimate of drug-likeness (QED) is 0.923. The second kappa shape index (κ2) is 7.23. The van der Waals surface area contributed by atoms with E-state index in [2.05, 4.69) is 10.2 Å². The second-order valence-corrected chi connectivity index (χ2v) is 7.68. The van der Waals surface area contributed by atoms with E-state index < -0.39 is 0 Å². The number of nitrogens with zero attached hydrogens (tertiary/aromatic N) is 2. The zero-order valence-electron chi connectivity index (χ0n) is 15.4. The van der Waals surface area contributed by atoms with Gasteiger partial charge in [-0.05, 0) is 50.8 Å².